The maximum Gasteiger partial charge on any atom is 0.298 e. The number of alkyl halides is 2. The van der Waals surface area contributed by atoms with Crippen LogP contribution in [0, 0.1) is 0 Å². The minimum Gasteiger partial charge on any atom is -0.489 e. The molecule has 0 atom stereocenters. The molecule has 29 heavy (non-hydrogen) atoms. The van der Waals surface area contributed by atoms with E-state index in [2.05, 4.69) is 10.1 Å². The predicted octanol–water partition coefficient (Wildman–Crippen LogP) is 5.89. The van der Waals surface area contributed by atoms with Gasteiger partial charge in [-0.2, -0.15) is 13.9 Å². The molecule has 146 valence electrons. The first-order chi connectivity index (χ1) is 14.0. The summed E-state index contributed by atoms with van der Waals surface area (Å²) in [5.41, 5.74) is 2.28. The number of halogens is 2. The van der Waals surface area contributed by atoms with Gasteiger partial charge in [0, 0.05) is 18.4 Å². The van der Waals surface area contributed by atoms with Crippen LogP contribution in [0.15, 0.2) is 65.2 Å². The fraction of sp³-hybridized carbons (Fsp3) is 0.143. The third-order valence-corrected chi connectivity index (χ3v) is 5.51. The van der Waals surface area contributed by atoms with Gasteiger partial charge in [0.25, 0.3) is 5.92 Å². The Hall–Kier alpha value is -3.26. The van der Waals surface area contributed by atoms with Crippen LogP contribution in [0.3, 0.4) is 0 Å². The number of rotatable bonds is 5. The molecule has 0 bridgehead atoms. The molecule has 0 radical (unpaired) electrons. The maximum atomic E-state index is 13.4. The van der Waals surface area contributed by atoms with Crippen LogP contribution in [0.25, 0.3) is 27.4 Å². The van der Waals surface area contributed by atoms with Gasteiger partial charge in [0.1, 0.15) is 23.6 Å². The number of aromatic nitrogens is 3. The van der Waals surface area contributed by atoms with E-state index in [4.69, 9.17) is 9.15 Å². The van der Waals surface area contributed by atoms with E-state index < -0.39 is 5.92 Å². The van der Waals surface area contributed by atoms with Crippen molar-refractivity contribution in [1.29, 1.82) is 0 Å². The van der Waals surface area contributed by atoms with Gasteiger partial charge >= 0.3 is 0 Å². The number of fused-ring (bicyclic) bond motifs is 2. The lowest BCUT2D eigenvalue weighted by molar-refractivity contribution is 0.0163. The van der Waals surface area contributed by atoms with Crippen LogP contribution in [0.2, 0.25) is 0 Å². The van der Waals surface area contributed by atoms with E-state index >= 15 is 0 Å². The van der Waals surface area contributed by atoms with E-state index in [-0.39, 0.29) is 5.01 Å². The molecule has 3 aromatic heterocycles. The molecular formula is C21H15F2N3O2S. The summed E-state index contributed by atoms with van der Waals surface area (Å²) in [5.74, 6) is -1.74. The number of imidazole rings is 1. The molecule has 0 spiro atoms. The Bertz CT molecular complexity index is 1270. The van der Waals surface area contributed by atoms with Gasteiger partial charge in [-0.25, -0.2) is 9.50 Å². The first-order valence-corrected chi connectivity index (χ1v) is 9.72. The van der Waals surface area contributed by atoms with Crippen molar-refractivity contribution in [3.05, 3.63) is 71.4 Å². The number of hydrogen-bond donors (Lipinski definition) is 0. The lowest BCUT2D eigenvalue weighted by Gasteiger charge is -2.05. The van der Waals surface area contributed by atoms with Gasteiger partial charge in [-0.1, -0.05) is 41.7 Å². The summed E-state index contributed by atoms with van der Waals surface area (Å²) in [5, 5.41) is 4.55. The Morgan fingerprint density at radius 1 is 1.14 bits per heavy atom. The number of ether oxygens (including phenoxy) is 1. The van der Waals surface area contributed by atoms with Gasteiger partial charge in [-0.05, 0) is 23.8 Å². The molecule has 3 heterocycles. The first kappa shape index (κ1) is 17.8. The molecule has 0 aliphatic heterocycles. The highest BCUT2D eigenvalue weighted by Crippen LogP contribution is 2.34. The fourth-order valence-electron chi connectivity index (χ4n) is 2.96. The summed E-state index contributed by atoms with van der Waals surface area (Å²) < 4.78 is 39.9. The minimum absolute atomic E-state index is 0.267. The highest BCUT2D eigenvalue weighted by atomic mass is 32.1. The zero-order chi connectivity index (χ0) is 20.0. The molecule has 0 N–H and O–H groups in total. The summed E-state index contributed by atoms with van der Waals surface area (Å²) in [7, 11) is 0. The summed E-state index contributed by atoms with van der Waals surface area (Å²) in [6.07, 6.45) is 1.59. The highest BCUT2D eigenvalue weighted by molar-refractivity contribution is 7.16. The maximum absolute atomic E-state index is 13.4. The van der Waals surface area contributed by atoms with Gasteiger partial charge in [0.05, 0.1) is 6.20 Å². The molecule has 0 saturated carbocycles. The van der Waals surface area contributed by atoms with E-state index in [1.54, 1.807) is 6.20 Å². The number of hydrogen-bond acceptors (Lipinski definition) is 5. The number of furan rings is 1. The smallest absolute Gasteiger partial charge is 0.298 e. The Morgan fingerprint density at radius 2 is 1.97 bits per heavy atom. The molecular weight excluding hydrogens is 396 g/mol. The zero-order valence-corrected chi connectivity index (χ0v) is 16.1. The average molecular weight is 411 g/mol. The van der Waals surface area contributed by atoms with Gasteiger partial charge in [0.15, 0.2) is 10.8 Å². The zero-order valence-electron chi connectivity index (χ0n) is 15.3. The number of benzene rings is 2. The van der Waals surface area contributed by atoms with Crippen molar-refractivity contribution >= 4 is 27.3 Å². The largest absolute Gasteiger partial charge is 0.489 e. The standard InChI is InChI=1S/C21H15F2N3O2S/c1-21(22,23)19-25-26-11-16(24-20(26)29-19)18-9-14-7-8-15(10-17(14)28-18)27-12-13-5-3-2-4-6-13/h2-11H,12H2,1H3. The van der Waals surface area contributed by atoms with Gasteiger partial charge in [-0.3, -0.25) is 0 Å². The topological polar surface area (TPSA) is 52.6 Å². The van der Waals surface area contributed by atoms with E-state index in [0.29, 0.717) is 34.4 Å². The second-order valence-corrected chi connectivity index (χ2v) is 7.69. The van der Waals surface area contributed by atoms with E-state index in [1.165, 1.54) is 4.52 Å². The van der Waals surface area contributed by atoms with Gasteiger partial charge in [-0.15, -0.1) is 0 Å². The highest BCUT2D eigenvalue weighted by Gasteiger charge is 2.30. The van der Waals surface area contributed by atoms with Crippen LogP contribution in [0.4, 0.5) is 8.78 Å². The average Bonchev–Trinajstić information content (AvgIpc) is 3.38. The molecule has 0 unspecified atom stereocenters. The van der Waals surface area contributed by atoms with Crippen LogP contribution in [-0.4, -0.2) is 14.6 Å². The molecule has 2 aromatic carbocycles. The Labute approximate surface area is 168 Å². The van der Waals surface area contributed by atoms with Crippen molar-refractivity contribution in [3.63, 3.8) is 0 Å². The van der Waals surface area contributed by atoms with Gasteiger partial charge in [0.2, 0.25) is 4.96 Å². The van der Waals surface area contributed by atoms with E-state index in [0.717, 1.165) is 29.2 Å². The van der Waals surface area contributed by atoms with Crippen molar-refractivity contribution in [2.24, 2.45) is 0 Å². The Kier molecular flexibility index (Phi) is 4.09. The second kappa shape index (κ2) is 6.66. The van der Waals surface area contributed by atoms with Crippen molar-refractivity contribution in [3.8, 4) is 17.2 Å². The van der Waals surface area contributed by atoms with E-state index in [9.17, 15) is 8.78 Å². The third kappa shape index (κ3) is 3.47. The molecule has 0 saturated heterocycles. The summed E-state index contributed by atoms with van der Waals surface area (Å²) in [6.45, 7) is 1.29. The monoisotopic (exact) mass is 411 g/mol. The molecule has 8 heteroatoms. The molecule has 0 aliphatic carbocycles. The summed E-state index contributed by atoms with van der Waals surface area (Å²) in [4.78, 5) is 4.76. The molecule has 0 aliphatic rings. The molecule has 0 fully saturated rings. The van der Waals surface area contributed by atoms with Crippen LogP contribution in [0.5, 0.6) is 5.75 Å². The second-order valence-electron chi connectivity index (χ2n) is 6.73. The lowest BCUT2D eigenvalue weighted by Crippen LogP contribution is -2.06. The van der Waals surface area contributed by atoms with Crippen LogP contribution < -0.4 is 4.74 Å². The quantitative estimate of drug-likeness (QED) is 0.362. The van der Waals surface area contributed by atoms with Crippen molar-refractivity contribution in [2.75, 3.05) is 0 Å². The Balaban J connectivity index is 1.41. The molecule has 5 nitrogen and oxygen atoms in total. The fourth-order valence-corrected chi connectivity index (χ4v) is 3.78. The minimum atomic E-state index is -2.99. The van der Waals surface area contributed by atoms with Crippen LogP contribution in [-0.2, 0) is 12.5 Å². The SMILES string of the molecule is CC(F)(F)c1nn2cc(-c3cc4ccc(OCc5ccccc5)cc4o3)nc2s1. The van der Waals surface area contributed by atoms with Gasteiger partial charge < -0.3 is 9.15 Å². The Morgan fingerprint density at radius 3 is 2.72 bits per heavy atom. The lowest BCUT2D eigenvalue weighted by atomic mass is 10.2. The predicted molar refractivity (Wildman–Crippen MR) is 106 cm³/mol. The summed E-state index contributed by atoms with van der Waals surface area (Å²) in [6, 6.07) is 17.4. The first-order valence-electron chi connectivity index (χ1n) is 8.91. The molecule has 5 aromatic rings. The van der Waals surface area contributed by atoms with Crippen molar-refractivity contribution in [1.82, 2.24) is 14.6 Å². The number of nitrogens with zero attached hydrogens (tertiary/aromatic N) is 3. The molecule has 5 rings (SSSR count). The van der Waals surface area contributed by atoms with Crippen LogP contribution >= 0.6 is 11.3 Å². The van der Waals surface area contributed by atoms with Crippen LogP contribution in [0.1, 0.15) is 17.5 Å². The summed E-state index contributed by atoms with van der Waals surface area (Å²) >= 11 is 0.863. The third-order valence-electron chi connectivity index (χ3n) is 4.41. The van der Waals surface area contributed by atoms with Crippen molar-refractivity contribution < 1.29 is 17.9 Å². The van der Waals surface area contributed by atoms with Crippen molar-refractivity contribution in [2.45, 2.75) is 19.5 Å². The molecule has 0 amide bonds. The van der Waals surface area contributed by atoms with E-state index in [1.807, 2.05) is 54.6 Å². The normalized spacial score (nSPS) is 12.1.